The molecule has 0 N–H and O–H groups in total. The van der Waals surface area contributed by atoms with Crippen LogP contribution in [0.25, 0.3) is 0 Å². The van der Waals surface area contributed by atoms with Gasteiger partial charge in [0.15, 0.2) is 0 Å². The minimum Gasteiger partial charge on any atom is -0.349 e. The zero-order chi connectivity index (χ0) is 5.86. The Kier molecular flexibility index (Phi) is 1.10. The van der Waals surface area contributed by atoms with Crippen molar-refractivity contribution in [2.75, 3.05) is 14.1 Å². The number of carbonyl (C=O) groups excluding carboxylic acids is 1. The number of hydrogen-bond donors (Lipinski definition) is 0. The van der Waals surface area contributed by atoms with E-state index in [-0.39, 0.29) is 12.8 Å². The van der Waals surface area contributed by atoms with Crippen LogP contribution in [-0.2, 0) is 4.79 Å². The van der Waals surface area contributed by atoms with Crippen molar-refractivity contribution in [1.29, 1.82) is 0 Å². The van der Waals surface area contributed by atoms with Crippen LogP contribution < -0.4 is 0 Å². The van der Waals surface area contributed by atoms with Crippen LogP contribution in [0.1, 0.15) is 8.27 Å². The predicted molar refractivity (Wildman–Crippen MR) is 24.4 cm³/mol. The van der Waals surface area contributed by atoms with E-state index in [9.17, 15) is 4.79 Å². The van der Waals surface area contributed by atoms with Crippen molar-refractivity contribution >= 4 is 5.91 Å². The van der Waals surface area contributed by atoms with Gasteiger partial charge in [-0.15, -0.1) is 0 Å². The molecule has 2 heteroatoms. The minimum atomic E-state index is -0.153. The summed E-state index contributed by atoms with van der Waals surface area (Å²) in [6.45, 7) is -0.146. The number of carbonyl (C=O) groups is 1. The SMILES string of the molecule is [2H]CC(=O)N(C)C. The Morgan fingerprint density at radius 1 is 1.83 bits per heavy atom. The van der Waals surface area contributed by atoms with Gasteiger partial charge < -0.3 is 4.90 Å². The van der Waals surface area contributed by atoms with E-state index in [1.807, 2.05) is 0 Å². The van der Waals surface area contributed by atoms with Crippen molar-refractivity contribution in [3.8, 4) is 0 Å². The summed E-state index contributed by atoms with van der Waals surface area (Å²) in [6, 6.07) is 0. The molecule has 1 amide bonds. The lowest BCUT2D eigenvalue weighted by atomic mass is 10.7. The Labute approximate surface area is 39.2 Å². The summed E-state index contributed by atoms with van der Waals surface area (Å²) < 4.78 is 6.55. The van der Waals surface area contributed by atoms with Gasteiger partial charge >= 0.3 is 0 Å². The number of hydrogen-bond acceptors (Lipinski definition) is 1. The van der Waals surface area contributed by atoms with E-state index in [0.717, 1.165) is 0 Å². The fourth-order valence-electron chi connectivity index (χ4n) is 0. The van der Waals surface area contributed by atoms with Crippen LogP contribution in [0.2, 0.25) is 0 Å². The molecule has 0 aliphatic rings. The summed E-state index contributed by atoms with van der Waals surface area (Å²) in [5.74, 6) is -0.153. The predicted octanol–water partition coefficient (Wildman–Crippen LogP) is 0.0945. The molecule has 0 rings (SSSR count). The van der Waals surface area contributed by atoms with E-state index in [4.69, 9.17) is 1.37 Å². The van der Waals surface area contributed by atoms with Crippen molar-refractivity contribution in [3.05, 3.63) is 0 Å². The standard InChI is InChI=1S/C4H9NO/c1-4(6)5(2)3/h1-3H3/i1D. The van der Waals surface area contributed by atoms with Crippen molar-refractivity contribution in [3.63, 3.8) is 0 Å². The van der Waals surface area contributed by atoms with E-state index >= 15 is 0 Å². The maximum atomic E-state index is 10.2. The van der Waals surface area contributed by atoms with Gasteiger partial charge in [-0.25, -0.2) is 0 Å². The molecule has 0 fully saturated rings. The molecule has 6 heavy (non-hydrogen) atoms. The Balaban J connectivity index is 3.35. The van der Waals surface area contributed by atoms with Gasteiger partial charge in [0.25, 0.3) is 0 Å². The van der Waals surface area contributed by atoms with Crippen molar-refractivity contribution in [2.24, 2.45) is 0 Å². The highest BCUT2D eigenvalue weighted by atomic mass is 16.2. The molecule has 0 bridgehead atoms. The molecule has 0 aliphatic heterocycles. The molecule has 0 aliphatic carbocycles. The van der Waals surface area contributed by atoms with Crippen LogP contribution in [-0.4, -0.2) is 24.9 Å². The topological polar surface area (TPSA) is 20.3 Å². The molecule has 0 saturated carbocycles. The maximum Gasteiger partial charge on any atom is 0.218 e. The summed E-state index contributed by atoms with van der Waals surface area (Å²) in [6.07, 6.45) is 0. The zero-order valence-electron chi connectivity index (χ0n) is 5.06. The monoisotopic (exact) mass is 88.1 g/mol. The first-order valence-corrected chi connectivity index (χ1v) is 1.68. The molecular formula is C4H9NO. The summed E-state index contributed by atoms with van der Waals surface area (Å²) in [5.41, 5.74) is 0. The molecule has 0 spiro atoms. The van der Waals surface area contributed by atoms with E-state index in [2.05, 4.69) is 0 Å². The molecule has 36 valence electrons. The number of rotatable bonds is 0. The second-order valence-electron chi connectivity index (χ2n) is 1.29. The summed E-state index contributed by atoms with van der Waals surface area (Å²) >= 11 is 0. The largest absolute Gasteiger partial charge is 0.349 e. The molecule has 0 aromatic carbocycles. The van der Waals surface area contributed by atoms with E-state index < -0.39 is 0 Å². The summed E-state index contributed by atoms with van der Waals surface area (Å²) in [4.78, 5) is 11.6. The fourth-order valence-corrected chi connectivity index (χ4v) is 0. The van der Waals surface area contributed by atoms with Gasteiger partial charge in [-0.2, -0.15) is 0 Å². The Morgan fingerprint density at radius 3 is 2.33 bits per heavy atom. The highest BCUT2D eigenvalue weighted by molar-refractivity contribution is 5.72. The van der Waals surface area contributed by atoms with Gasteiger partial charge in [0.2, 0.25) is 5.91 Å². The molecule has 0 aromatic rings. The highest BCUT2D eigenvalue weighted by Crippen LogP contribution is 1.69. The molecular weight excluding hydrogens is 78.0 g/mol. The average Bonchev–Trinajstić information content (AvgIpc) is 1.65. The first kappa shape index (κ1) is 3.65. The quantitative estimate of drug-likeness (QED) is 0.411. The lowest BCUT2D eigenvalue weighted by Crippen LogP contribution is -2.17. The molecule has 0 atom stereocenters. The van der Waals surface area contributed by atoms with Gasteiger partial charge in [0.1, 0.15) is 0 Å². The third-order valence-electron chi connectivity index (χ3n) is 0.499. The number of nitrogens with zero attached hydrogens (tertiary/aromatic N) is 1. The lowest BCUT2D eigenvalue weighted by Gasteiger charge is -2.02. The van der Waals surface area contributed by atoms with Gasteiger partial charge in [0.05, 0.1) is 0 Å². The van der Waals surface area contributed by atoms with Crippen LogP contribution in [0.5, 0.6) is 0 Å². The highest BCUT2D eigenvalue weighted by Gasteiger charge is 1.87. The van der Waals surface area contributed by atoms with Gasteiger partial charge in [0, 0.05) is 22.4 Å². The second-order valence-corrected chi connectivity index (χ2v) is 1.29. The molecule has 0 saturated heterocycles. The van der Waals surface area contributed by atoms with E-state index in [0.29, 0.717) is 0 Å². The first-order chi connectivity index (χ1) is 3.18. The summed E-state index contributed by atoms with van der Waals surface area (Å²) in [5, 5.41) is 0. The molecule has 0 heterocycles. The van der Waals surface area contributed by atoms with Crippen LogP contribution in [0.3, 0.4) is 0 Å². The van der Waals surface area contributed by atoms with Crippen molar-refractivity contribution < 1.29 is 6.17 Å². The van der Waals surface area contributed by atoms with E-state index in [1.165, 1.54) is 4.90 Å². The maximum absolute atomic E-state index is 10.2. The van der Waals surface area contributed by atoms with Crippen molar-refractivity contribution in [1.82, 2.24) is 4.90 Å². The zero-order valence-corrected chi connectivity index (χ0v) is 4.06. The van der Waals surface area contributed by atoms with Gasteiger partial charge in [-0.1, -0.05) is 0 Å². The smallest absolute Gasteiger partial charge is 0.218 e. The van der Waals surface area contributed by atoms with Gasteiger partial charge in [-0.05, 0) is 0 Å². The van der Waals surface area contributed by atoms with E-state index in [1.54, 1.807) is 14.1 Å². The Morgan fingerprint density at radius 2 is 2.33 bits per heavy atom. The molecule has 2 nitrogen and oxygen atoms in total. The summed E-state index contributed by atoms with van der Waals surface area (Å²) in [7, 11) is 3.27. The fraction of sp³-hybridized carbons (Fsp3) is 0.750. The third kappa shape index (κ3) is 1.76. The van der Waals surface area contributed by atoms with Crippen LogP contribution in [0.4, 0.5) is 0 Å². The Hall–Kier alpha value is -0.530. The first-order valence-electron chi connectivity index (χ1n) is 2.38. The second kappa shape index (κ2) is 1.80. The van der Waals surface area contributed by atoms with Crippen molar-refractivity contribution in [2.45, 2.75) is 6.90 Å². The normalized spacial score (nSPS) is 10.0. The minimum absolute atomic E-state index is 0.146. The van der Waals surface area contributed by atoms with Gasteiger partial charge in [-0.3, -0.25) is 4.79 Å². The van der Waals surface area contributed by atoms with Crippen LogP contribution in [0.15, 0.2) is 0 Å². The van der Waals surface area contributed by atoms with Crippen LogP contribution in [0, 0.1) is 0 Å². The van der Waals surface area contributed by atoms with Crippen LogP contribution >= 0.6 is 0 Å². The Bertz CT molecular complexity index is 72.1. The average molecular weight is 88.1 g/mol. The number of amides is 1. The lowest BCUT2D eigenvalue weighted by molar-refractivity contribution is -0.126. The molecule has 0 radical (unpaired) electrons. The third-order valence-corrected chi connectivity index (χ3v) is 0.499. The molecule has 0 unspecified atom stereocenters. The molecule has 0 aromatic heterocycles.